The number of hydrogen-bond acceptors (Lipinski definition) is 4. The van der Waals surface area contributed by atoms with E-state index in [9.17, 15) is 4.79 Å². The molecular formula is C14H16N4O3. The quantitative estimate of drug-likeness (QED) is 0.903. The Morgan fingerprint density at radius 3 is 2.95 bits per heavy atom. The Bertz CT molecular complexity index is 627. The number of urea groups is 1. The van der Waals surface area contributed by atoms with Crippen molar-refractivity contribution in [1.29, 1.82) is 0 Å². The number of ether oxygens (including phenoxy) is 2. The molecule has 21 heavy (non-hydrogen) atoms. The van der Waals surface area contributed by atoms with E-state index in [1.54, 1.807) is 37.6 Å². The minimum atomic E-state index is -0.219. The highest BCUT2D eigenvalue weighted by Gasteiger charge is 2.14. The third kappa shape index (κ3) is 3.07. The molecule has 1 aliphatic rings. The number of nitrogens with zero attached hydrogens (tertiary/aromatic N) is 2. The molecule has 0 fully saturated rings. The van der Waals surface area contributed by atoms with Gasteiger partial charge < -0.3 is 24.7 Å². The summed E-state index contributed by atoms with van der Waals surface area (Å²) in [4.78, 5) is 20.7. The van der Waals surface area contributed by atoms with Crippen LogP contribution in [0.4, 0.5) is 10.5 Å². The van der Waals surface area contributed by atoms with Crippen LogP contribution >= 0.6 is 0 Å². The fourth-order valence-electron chi connectivity index (χ4n) is 2.02. The normalized spacial score (nSPS) is 12.8. The fourth-order valence-corrected chi connectivity index (χ4v) is 2.02. The maximum absolute atomic E-state index is 12.1. The summed E-state index contributed by atoms with van der Waals surface area (Å²) in [6, 6.07) is 5.11. The molecule has 2 N–H and O–H groups in total. The van der Waals surface area contributed by atoms with E-state index < -0.39 is 0 Å². The molecular weight excluding hydrogens is 272 g/mol. The topological polar surface area (TPSA) is 79.5 Å². The molecule has 0 saturated heterocycles. The zero-order chi connectivity index (χ0) is 14.7. The molecule has 2 amide bonds. The van der Waals surface area contributed by atoms with Crippen LogP contribution in [0.25, 0.3) is 0 Å². The van der Waals surface area contributed by atoms with E-state index in [0.717, 1.165) is 5.82 Å². The van der Waals surface area contributed by atoms with Crippen molar-refractivity contribution in [1.82, 2.24) is 14.9 Å². The van der Waals surface area contributed by atoms with Gasteiger partial charge in [0.1, 0.15) is 19.0 Å². The molecule has 1 aliphatic heterocycles. The van der Waals surface area contributed by atoms with E-state index in [1.165, 1.54) is 4.90 Å². The van der Waals surface area contributed by atoms with E-state index in [0.29, 0.717) is 36.9 Å². The second kappa shape index (κ2) is 5.74. The van der Waals surface area contributed by atoms with Crippen molar-refractivity contribution in [3.8, 4) is 11.5 Å². The standard InChI is InChI=1S/C14H16N4O3/c1-18(9-13-15-4-5-16-13)14(19)17-10-2-3-11-12(8-10)21-7-6-20-11/h2-5,8H,6-7,9H2,1H3,(H,15,16)(H,17,19). The van der Waals surface area contributed by atoms with Gasteiger partial charge >= 0.3 is 6.03 Å². The molecule has 3 rings (SSSR count). The van der Waals surface area contributed by atoms with Crippen LogP contribution in [0, 0.1) is 0 Å². The molecule has 0 bridgehead atoms. The van der Waals surface area contributed by atoms with Gasteiger partial charge in [-0.25, -0.2) is 9.78 Å². The van der Waals surface area contributed by atoms with Crippen molar-refractivity contribution < 1.29 is 14.3 Å². The van der Waals surface area contributed by atoms with Crippen molar-refractivity contribution in [2.24, 2.45) is 0 Å². The molecule has 110 valence electrons. The van der Waals surface area contributed by atoms with E-state index in [4.69, 9.17) is 9.47 Å². The van der Waals surface area contributed by atoms with Crippen LogP contribution < -0.4 is 14.8 Å². The number of rotatable bonds is 3. The number of amides is 2. The monoisotopic (exact) mass is 288 g/mol. The summed E-state index contributed by atoms with van der Waals surface area (Å²) in [7, 11) is 1.70. The molecule has 1 aromatic carbocycles. The lowest BCUT2D eigenvalue weighted by molar-refractivity contribution is 0.171. The van der Waals surface area contributed by atoms with Crippen LogP contribution in [0.2, 0.25) is 0 Å². The molecule has 7 nitrogen and oxygen atoms in total. The van der Waals surface area contributed by atoms with Gasteiger partial charge in [-0.2, -0.15) is 0 Å². The van der Waals surface area contributed by atoms with Gasteiger partial charge in [0.15, 0.2) is 11.5 Å². The average Bonchev–Trinajstić information content (AvgIpc) is 3.00. The predicted molar refractivity (Wildman–Crippen MR) is 76.5 cm³/mol. The Morgan fingerprint density at radius 2 is 2.19 bits per heavy atom. The molecule has 0 atom stereocenters. The molecule has 0 aliphatic carbocycles. The van der Waals surface area contributed by atoms with Gasteiger partial charge in [-0.15, -0.1) is 0 Å². The highest BCUT2D eigenvalue weighted by molar-refractivity contribution is 5.89. The van der Waals surface area contributed by atoms with Gasteiger partial charge in [-0.05, 0) is 12.1 Å². The number of carbonyl (C=O) groups is 1. The lowest BCUT2D eigenvalue weighted by atomic mass is 10.2. The summed E-state index contributed by atoms with van der Waals surface area (Å²) in [5.74, 6) is 2.07. The maximum Gasteiger partial charge on any atom is 0.321 e. The summed E-state index contributed by atoms with van der Waals surface area (Å²) < 4.78 is 10.9. The highest BCUT2D eigenvalue weighted by Crippen LogP contribution is 2.32. The Labute approximate surface area is 121 Å². The smallest absolute Gasteiger partial charge is 0.321 e. The van der Waals surface area contributed by atoms with Crippen LogP contribution in [0.3, 0.4) is 0 Å². The van der Waals surface area contributed by atoms with Crippen LogP contribution in [0.5, 0.6) is 11.5 Å². The minimum Gasteiger partial charge on any atom is -0.486 e. The third-order valence-electron chi connectivity index (χ3n) is 3.08. The van der Waals surface area contributed by atoms with Gasteiger partial charge in [-0.3, -0.25) is 0 Å². The van der Waals surface area contributed by atoms with Gasteiger partial charge in [0.05, 0.1) is 6.54 Å². The number of nitrogens with one attached hydrogen (secondary N) is 2. The summed E-state index contributed by atoms with van der Waals surface area (Å²) >= 11 is 0. The number of anilines is 1. The maximum atomic E-state index is 12.1. The summed E-state index contributed by atoms with van der Waals surface area (Å²) in [6.07, 6.45) is 3.38. The van der Waals surface area contributed by atoms with Crippen molar-refractivity contribution in [2.45, 2.75) is 6.54 Å². The second-order valence-electron chi connectivity index (χ2n) is 4.68. The lowest BCUT2D eigenvalue weighted by Crippen LogP contribution is -2.31. The Morgan fingerprint density at radius 1 is 1.38 bits per heavy atom. The molecule has 1 aromatic heterocycles. The van der Waals surface area contributed by atoms with E-state index in [2.05, 4.69) is 15.3 Å². The Kier molecular flexibility index (Phi) is 3.63. The zero-order valence-electron chi connectivity index (χ0n) is 11.6. The van der Waals surface area contributed by atoms with Crippen LogP contribution in [-0.4, -0.2) is 41.2 Å². The Balaban J connectivity index is 1.64. The van der Waals surface area contributed by atoms with Crippen LogP contribution in [0.15, 0.2) is 30.6 Å². The predicted octanol–water partition coefficient (Wildman–Crippen LogP) is 1.84. The minimum absolute atomic E-state index is 0.219. The first-order valence-electron chi connectivity index (χ1n) is 6.62. The van der Waals surface area contributed by atoms with Crippen LogP contribution in [-0.2, 0) is 6.54 Å². The van der Waals surface area contributed by atoms with E-state index >= 15 is 0 Å². The number of H-pyrrole nitrogens is 1. The Hall–Kier alpha value is -2.70. The number of aromatic nitrogens is 2. The number of fused-ring (bicyclic) bond motifs is 1. The lowest BCUT2D eigenvalue weighted by Gasteiger charge is -2.20. The molecule has 0 radical (unpaired) electrons. The van der Waals surface area contributed by atoms with Gasteiger partial charge in [0.2, 0.25) is 0 Å². The van der Waals surface area contributed by atoms with Gasteiger partial charge in [0.25, 0.3) is 0 Å². The SMILES string of the molecule is CN(Cc1ncc[nH]1)C(=O)Nc1ccc2c(c1)OCCO2. The van der Waals surface area contributed by atoms with Crippen molar-refractivity contribution in [3.05, 3.63) is 36.4 Å². The highest BCUT2D eigenvalue weighted by atomic mass is 16.6. The molecule has 7 heteroatoms. The number of imidazole rings is 1. The van der Waals surface area contributed by atoms with E-state index in [1.807, 2.05) is 0 Å². The molecule has 0 spiro atoms. The van der Waals surface area contributed by atoms with E-state index in [-0.39, 0.29) is 6.03 Å². The molecule has 0 saturated carbocycles. The number of benzene rings is 1. The van der Waals surface area contributed by atoms with Crippen LogP contribution in [0.1, 0.15) is 5.82 Å². The van der Waals surface area contributed by atoms with Gasteiger partial charge in [-0.1, -0.05) is 0 Å². The van der Waals surface area contributed by atoms with Crippen molar-refractivity contribution in [3.63, 3.8) is 0 Å². The third-order valence-corrected chi connectivity index (χ3v) is 3.08. The summed E-state index contributed by atoms with van der Waals surface area (Å²) in [5, 5.41) is 2.81. The zero-order valence-corrected chi connectivity index (χ0v) is 11.6. The largest absolute Gasteiger partial charge is 0.486 e. The first-order valence-corrected chi connectivity index (χ1v) is 6.62. The number of hydrogen-bond donors (Lipinski definition) is 2. The molecule has 2 heterocycles. The summed E-state index contributed by atoms with van der Waals surface area (Å²) in [6.45, 7) is 1.47. The number of aromatic amines is 1. The first-order chi connectivity index (χ1) is 10.2. The summed E-state index contributed by atoms with van der Waals surface area (Å²) in [5.41, 5.74) is 0.663. The fraction of sp³-hybridized carbons (Fsp3) is 0.286. The second-order valence-corrected chi connectivity index (χ2v) is 4.68. The average molecular weight is 288 g/mol. The number of carbonyl (C=O) groups excluding carboxylic acids is 1. The molecule has 0 unspecified atom stereocenters. The van der Waals surface area contributed by atoms with Crippen molar-refractivity contribution >= 4 is 11.7 Å². The van der Waals surface area contributed by atoms with Gasteiger partial charge in [0, 0.05) is 31.2 Å². The first kappa shape index (κ1) is 13.3. The van der Waals surface area contributed by atoms with Crippen molar-refractivity contribution in [2.75, 3.05) is 25.6 Å². The molecule has 2 aromatic rings.